The third-order valence-corrected chi connectivity index (χ3v) is 4.90. The van der Waals surface area contributed by atoms with Gasteiger partial charge < -0.3 is 10.0 Å². The molecule has 0 aliphatic heterocycles. The molecule has 0 amide bonds. The first-order valence-corrected chi connectivity index (χ1v) is 7.53. The summed E-state index contributed by atoms with van der Waals surface area (Å²) in [6.45, 7) is 2.75. The van der Waals surface area contributed by atoms with Crippen molar-refractivity contribution in [3.8, 4) is 0 Å². The average Bonchev–Trinajstić information content (AvgIpc) is 2.50. The molecule has 2 fully saturated rings. The lowest BCUT2D eigenvalue weighted by molar-refractivity contribution is 0.0577. The highest BCUT2D eigenvalue weighted by Gasteiger charge is 2.32. The fourth-order valence-corrected chi connectivity index (χ4v) is 3.60. The van der Waals surface area contributed by atoms with Crippen LogP contribution >= 0.6 is 0 Å². The molecule has 17 heavy (non-hydrogen) atoms. The lowest BCUT2D eigenvalue weighted by atomic mass is 9.79. The van der Waals surface area contributed by atoms with Crippen molar-refractivity contribution in [2.24, 2.45) is 11.3 Å². The standard InChI is InChI=1S/C15H29NO/c1-16(11-14-7-6-8-14)12-15(13-17)9-4-2-3-5-10-15/h14,17H,2-13H2,1H3. The van der Waals surface area contributed by atoms with Crippen molar-refractivity contribution >= 4 is 0 Å². The quantitative estimate of drug-likeness (QED) is 0.745. The minimum atomic E-state index is 0.217. The van der Waals surface area contributed by atoms with Crippen LogP contribution in [-0.2, 0) is 0 Å². The zero-order valence-electron chi connectivity index (χ0n) is 11.5. The molecule has 0 aromatic heterocycles. The third-order valence-electron chi connectivity index (χ3n) is 4.90. The molecule has 0 heterocycles. The number of hydrogen-bond donors (Lipinski definition) is 1. The second-order valence-electron chi connectivity index (χ2n) is 6.57. The van der Waals surface area contributed by atoms with E-state index in [0.717, 1.165) is 12.5 Å². The Morgan fingerprint density at radius 2 is 1.71 bits per heavy atom. The Kier molecular flexibility index (Phi) is 4.87. The van der Waals surface area contributed by atoms with Gasteiger partial charge in [-0.1, -0.05) is 32.1 Å². The average molecular weight is 239 g/mol. The highest BCUT2D eigenvalue weighted by molar-refractivity contribution is 4.85. The third kappa shape index (κ3) is 3.69. The first-order chi connectivity index (χ1) is 8.24. The lowest BCUT2D eigenvalue weighted by Gasteiger charge is -2.38. The fraction of sp³-hybridized carbons (Fsp3) is 1.00. The smallest absolute Gasteiger partial charge is 0.0499 e. The van der Waals surface area contributed by atoms with Gasteiger partial charge in [-0.05, 0) is 38.6 Å². The molecule has 0 aromatic carbocycles. The van der Waals surface area contributed by atoms with E-state index in [0.29, 0.717) is 6.61 Å². The van der Waals surface area contributed by atoms with Crippen molar-refractivity contribution in [3.63, 3.8) is 0 Å². The largest absolute Gasteiger partial charge is 0.396 e. The van der Waals surface area contributed by atoms with Crippen LogP contribution in [-0.4, -0.2) is 36.8 Å². The molecule has 2 saturated carbocycles. The summed E-state index contributed by atoms with van der Waals surface area (Å²) in [6.07, 6.45) is 12.1. The molecule has 0 aromatic rings. The van der Waals surface area contributed by atoms with E-state index in [4.69, 9.17) is 0 Å². The van der Waals surface area contributed by atoms with Crippen LogP contribution in [0.25, 0.3) is 0 Å². The summed E-state index contributed by atoms with van der Waals surface area (Å²) in [5.74, 6) is 0.946. The molecule has 2 aliphatic carbocycles. The minimum absolute atomic E-state index is 0.217. The van der Waals surface area contributed by atoms with Gasteiger partial charge in [0.15, 0.2) is 0 Å². The van der Waals surface area contributed by atoms with Gasteiger partial charge in [-0.3, -0.25) is 0 Å². The number of hydrogen-bond acceptors (Lipinski definition) is 2. The number of aliphatic hydroxyl groups is 1. The van der Waals surface area contributed by atoms with Crippen LogP contribution in [0.3, 0.4) is 0 Å². The van der Waals surface area contributed by atoms with Crippen molar-refractivity contribution in [1.29, 1.82) is 0 Å². The van der Waals surface area contributed by atoms with E-state index in [1.54, 1.807) is 0 Å². The van der Waals surface area contributed by atoms with Gasteiger partial charge in [0.2, 0.25) is 0 Å². The second kappa shape index (κ2) is 6.19. The number of rotatable bonds is 5. The fourth-order valence-electron chi connectivity index (χ4n) is 3.60. The molecule has 2 aliphatic rings. The SMILES string of the molecule is CN(CC1CCC1)CC1(CO)CCCCCC1. The molecular formula is C15H29NO. The van der Waals surface area contributed by atoms with Crippen LogP contribution in [0, 0.1) is 11.3 Å². The van der Waals surface area contributed by atoms with Crippen LogP contribution in [0.2, 0.25) is 0 Å². The van der Waals surface area contributed by atoms with Crippen LogP contribution < -0.4 is 0 Å². The van der Waals surface area contributed by atoms with E-state index < -0.39 is 0 Å². The molecule has 2 nitrogen and oxygen atoms in total. The van der Waals surface area contributed by atoms with E-state index >= 15 is 0 Å². The molecule has 0 unspecified atom stereocenters. The summed E-state index contributed by atoms with van der Waals surface area (Å²) in [7, 11) is 2.25. The van der Waals surface area contributed by atoms with Crippen molar-refractivity contribution in [1.82, 2.24) is 4.90 Å². The summed E-state index contributed by atoms with van der Waals surface area (Å²) in [4.78, 5) is 2.49. The Morgan fingerprint density at radius 1 is 1.06 bits per heavy atom. The Bertz CT molecular complexity index is 217. The van der Waals surface area contributed by atoms with Crippen molar-refractivity contribution in [2.45, 2.75) is 57.8 Å². The molecule has 0 saturated heterocycles. The highest BCUT2D eigenvalue weighted by atomic mass is 16.3. The summed E-state index contributed by atoms with van der Waals surface area (Å²) in [5, 5.41) is 9.79. The van der Waals surface area contributed by atoms with Crippen LogP contribution in [0.1, 0.15) is 57.8 Å². The zero-order chi connectivity index (χ0) is 12.1. The maximum absolute atomic E-state index is 9.79. The second-order valence-corrected chi connectivity index (χ2v) is 6.57. The Hall–Kier alpha value is -0.0800. The Balaban J connectivity index is 1.83. The van der Waals surface area contributed by atoms with Crippen LogP contribution in [0.5, 0.6) is 0 Å². The van der Waals surface area contributed by atoms with Gasteiger partial charge in [0.1, 0.15) is 0 Å². The van der Waals surface area contributed by atoms with Crippen LogP contribution in [0.15, 0.2) is 0 Å². The highest BCUT2D eigenvalue weighted by Crippen LogP contribution is 2.36. The number of nitrogens with zero attached hydrogens (tertiary/aromatic N) is 1. The molecular weight excluding hydrogens is 210 g/mol. The van der Waals surface area contributed by atoms with Gasteiger partial charge >= 0.3 is 0 Å². The summed E-state index contributed by atoms with van der Waals surface area (Å²) < 4.78 is 0. The molecule has 0 spiro atoms. The normalized spacial score (nSPS) is 25.6. The first-order valence-electron chi connectivity index (χ1n) is 7.53. The lowest BCUT2D eigenvalue weighted by Crippen LogP contribution is -2.41. The van der Waals surface area contributed by atoms with Gasteiger partial charge in [0, 0.05) is 25.1 Å². The molecule has 2 heteroatoms. The topological polar surface area (TPSA) is 23.5 Å². The van der Waals surface area contributed by atoms with E-state index in [2.05, 4.69) is 11.9 Å². The van der Waals surface area contributed by atoms with Gasteiger partial charge in [-0.15, -0.1) is 0 Å². The van der Waals surface area contributed by atoms with Gasteiger partial charge in [0.25, 0.3) is 0 Å². The van der Waals surface area contributed by atoms with Crippen LogP contribution in [0.4, 0.5) is 0 Å². The van der Waals surface area contributed by atoms with Crippen molar-refractivity contribution < 1.29 is 5.11 Å². The number of aliphatic hydroxyl groups excluding tert-OH is 1. The monoisotopic (exact) mass is 239 g/mol. The van der Waals surface area contributed by atoms with E-state index in [1.165, 1.54) is 64.3 Å². The summed E-state index contributed by atoms with van der Waals surface area (Å²) in [6, 6.07) is 0. The maximum atomic E-state index is 9.79. The molecule has 1 N–H and O–H groups in total. The molecule has 0 bridgehead atoms. The summed E-state index contributed by atoms with van der Waals surface area (Å²) in [5.41, 5.74) is 0.217. The Labute approximate surface area is 106 Å². The van der Waals surface area contributed by atoms with E-state index in [9.17, 15) is 5.11 Å². The zero-order valence-corrected chi connectivity index (χ0v) is 11.5. The first kappa shape index (κ1) is 13.4. The molecule has 0 atom stereocenters. The van der Waals surface area contributed by atoms with Gasteiger partial charge in [-0.25, -0.2) is 0 Å². The maximum Gasteiger partial charge on any atom is 0.0499 e. The predicted octanol–water partition coefficient (Wildman–Crippen LogP) is 3.05. The van der Waals surface area contributed by atoms with Crippen molar-refractivity contribution in [3.05, 3.63) is 0 Å². The molecule has 100 valence electrons. The molecule has 0 radical (unpaired) electrons. The van der Waals surface area contributed by atoms with Crippen molar-refractivity contribution in [2.75, 3.05) is 26.7 Å². The van der Waals surface area contributed by atoms with Gasteiger partial charge in [0.05, 0.1) is 0 Å². The van der Waals surface area contributed by atoms with Gasteiger partial charge in [-0.2, -0.15) is 0 Å². The Morgan fingerprint density at radius 3 is 2.18 bits per heavy atom. The summed E-state index contributed by atoms with van der Waals surface area (Å²) >= 11 is 0. The molecule has 2 rings (SSSR count). The van der Waals surface area contributed by atoms with E-state index in [-0.39, 0.29) is 5.41 Å². The minimum Gasteiger partial charge on any atom is -0.396 e. The van der Waals surface area contributed by atoms with E-state index in [1.807, 2.05) is 0 Å². The predicted molar refractivity (Wildman–Crippen MR) is 72.1 cm³/mol.